The van der Waals surface area contributed by atoms with E-state index in [1.807, 2.05) is 6.92 Å². The summed E-state index contributed by atoms with van der Waals surface area (Å²) >= 11 is 3.14. The van der Waals surface area contributed by atoms with Crippen LogP contribution < -0.4 is 5.32 Å². The third kappa shape index (κ3) is 5.71. The Bertz CT molecular complexity index is 173. The van der Waals surface area contributed by atoms with Crippen LogP contribution in [0.4, 0.5) is 0 Å². The summed E-state index contributed by atoms with van der Waals surface area (Å²) in [5.74, 6) is 1.14. The van der Waals surface area contributed by atoms with E-state index in [0.717, 1.165) is 0 Å². The molecule has 12 heavy (non-hydrogen) atoms. The zero-order chi connectivity index (χ0) is 9.56. The van der Waals surface area contributed by atoms with Gasteiger partial charge >= 0.3 is 0 Å². The molecular weight excluding hydrogens is 242 g/mol. The Morgan fingerprint density at radius 2 is 2.25 bits per heavy atom. The van der Waals surface area contributed by atoms with Crippen molar-refractivity contribution in [1.29, 1.82) is 0 Å². The van der Waals surface area contributed by atoms with E-state index in [-0.39, 0.29) is 10.7 Å². The first-order valence-corrected chi connectivity index (χ1v) is 6.25. The number of carbonyl (C=O) groups is 1. The van der Waals surface area contributed by atoms with Crippen molar-refractivity contribution in [1.82, 2.24) is 5.32 Å². The van der Waals surface area contributed by atoms with Crippen molar-refractivity contribution < 1.29 is 9.00 Å². The van der Waals surface area contributed by atoms with Gasteiger partial charge in [0.05, 0.1) is 4.83 Å². The van der Waals surface area contributed by atoms with Gasteiger partial charge in [-0.2, -0.15) is 0 Å². The van der Waals surface area contributed by atoms with Crippen LogP contribution >= 0.6 is 15.9 Å². The lowest BCUT2D eigenvalue weighted by Crippen LogP contribution is -2.32. The van der Waals surface area contributed by atoms with E-state index < -0.39 is 10.8 Å². The highest BCUT2D eigenvalue weighted by molar-refractivity contribution is 9.10. The lowest BCUT2D eigenvalue weighted by atomic mass is 10.4. The summed E-state index contributed by atoms with van der Waals surface area (Å²) in [6.45, 7) is 4.12. The molecule has 1 N–H and O–H groups in total. The second-order valence-electron chi connectivity index (χ2n) is 2.34. The molecule has 0 saturated carbocycles. The number of carbonyl (C=O) groups excluding carboxylic acids is 1. The molecule has 0 heterocycles. The second kappa shape index (κ2) is 6.60. The Hall–Kier alpha value is 0.1000. The zero-order valence-electron chi connectivity index (χ0n) is 7.30. The Balaban J connectivity index is 3.44. The third-order valence-corrected chi connectivity index (χ3v) is 3.03. The van der Waals surface area contributed by atoms with Gasteiger partial charge in [0.25, 0.3) is 0 Å². The standard InChI is InChI=1S/C7H14BrNO2S/c1-3-12(11)5-4-9-7(10)6(2)8/h6H,3-5H2,1-2H3,(H,9,10). The number of hydrogen-bond acceptors (Lipinski definition) is 2. The largest absolute Gasteiger partial charge is 0.354 e. The molecule has 0 aliphatic heterocycles. The first-order valence-electron chi connectivity index (χ1n) is 3.84. The highest BCUT2D eigenvalue weighted by Crippen LogP contribution is 1.95. The van der Waals surface area contributed by atoms with E-state index in [1.54, 1.807) is 6.92 Å². The number of amides is 1. The zero-order valence-corrected chi connectivity index (χ0v) is 9.70. The molecular formula is C7H14BrNO2S. The lowest BCUT2D eigenvalue weighted by Gasteiger charge is -2.05. The summed E-state index contributed by atoms with van der Waals surface area (Å²) < 4.78 is 10.9. The average Bonchev–Trinajstić information content (AvgIpc) is 2.03. The Kier molecular flexibility index (Phi) is 6.65. The number of halogens is 1. The first-order chi connectivity index (χ1) is 5.57. The molecule has 0 aromatic carbocycles. The fourth-order valence-corrected chi connectivity index (χ4v) is 1.35. The number of rotatable bonds is 5. The van der Waals surface area contributed by atoms with Gasteiger partial charge in [0.15, 0.2) is 0 Å². The second-order valence-corrected chi connectivity index (χ2v) is 5.58. The minimum absolute atomic E-state index is 0.0527. The third-order valence-electron chi connectivity index (χ3n) is 1.31. The molecule has 0 rings (SSSR count). The molecule has 1 amide bonds. The van der Waals surface area contributed by atoms with Crippen molar-refractivity contribution >= 4 is 32.6 Å². The number of alkyl halides is 1. The smallest absolute Gasteiger partial charge is 0.233 e. The van der Waals surface area contributed by atoms with Crippen LogP contribution in [0, 0.1) is 0 Å². The summed E-state index contributed by atoms with van der Waals surface area (Å²) in [6, 6.07) is 0. The number of nitrogens with one attached hydrogen (secondary N) is 1. The molecule has 0 fully saturated rings. The SMILES string of the molecule is CCS(=O)CCNC(=O)C(C)Br. The molecule has 0 aliphatic rings. The van der Waals surface area contributed by atoms with Crippen molar-refractivity contribution in [3.8, 4) is 0 Å². The summed E-state index contributed by atoms with van der Waals surface area (Å²) in [6.07, 6.45) is 0. The van der Waals surface area contributed by atoms with Crippen LogP contribution in [-0.4, -0.2) is 33.0 Å². The molecule has 0 radical (unpaired) electrons. The van der Waals surface area contributed by atoms with Crippen molar-refractivity contribution in [2.45, 2.75) is 18.7 Å². The van der Waals surface area contributed by atoms with E-state index in [0.29, 0.717) is 18.1 Å². The van der Waals surface area contributed by atoms with Crippen molar-refractivity contribution in [2.24, 2.45) is 0 Å². The molecule has 2 atom stereocenters. The molecule has 5 heteroatoms. The van der Waals surface area contributed by atoms with Gasteiger partial charge in [-0.25, -0.2) is 0 Å². The monoisotopic (exact) mass is 255 g/mol. The molecule has 0 bridgehead atoms. The summed E-state index contributed by atoms with van der Waals surface area (Å²) in [5.41, 5.74) is 0. The van der Waals surface area contributed by atoms with E-state index >= 15 is 0 Å². The van der Waals surface area contributed by atoms with Crippen LogP contribution in [0.1, 0.15) is 13.8 Å². The Morgan fingerprint density at radius 1 is 1.67 bits per heavy atom. The van der Waals surface area contributed by atoms with Gasteiger partial charge in [-0.1, -0.05) is 22.9 Å². The van der Waals surface area contributed by atoms with Gasteiger partial charge in [-0.3, -0.25) is 9.00 Å². The lowest BCUT2D eigenvalue weighted by molar-refractivity contribution is -0.120. The predicted molar refractivity (Wildman–Crippen MR) is 54.9 cm³/mol. The van der Waals surface area contributed by atoms with E-state index in [4.69, 9.17) is 0 Å². The maximum absolute atomic E-state index is 11.0. The van der Waals surface area contributed by atoms with Crippen molar-refractivity contribution in [3.05, 3.63) is 0 Å². The fourth-order valence-electron chi connectivity index (χ4n) is 0.573. The van der Waals surface area contributed by atoms with Gasteiger partial charge in [0.2, 0.25) is 5.91 Å². The number of hydrogen-bond donors (Lipinski definition) is 1. The van der Waals surface area contributed by atoms with Crippen LogP contribution in [0.3, 0.4) is 0 Å². The Morgan fingerprint density at radius 3 is 2.67 bits per heavy atom. The molecule has 3 nitrogen and oxygen atoms in total. The molecule has 0 aromatic heterocycles. The summed E-state index contributed by atoms with van der Waals surface area (Å²) in [7, 11) is -0.787. The minimum Gasteiger partial charge on any atom is -0.354 e. The maximum atomic E-state index is 11.0. The highest BCUT2D eigenvalue weighted by atomic mass is 79.9. The first kappa shape index (κ1) is 12.1. The van der Waals surface area contributed by atoms with Crippen LogP contribution in [0.5, 0.6) is 0 Å². The van der Waals surface area contributed by atoms with E-state index in [2.05, 4.69) is 21.2 Å². The van der Waals surface area contributed by atoms with Crippen LogP contribution in [0.25, 0.3) is 0 Å². The van der Waals surface area contributed by atoms with Crippen molar-refractivity contribution in [2.75, 3.05) is 18.1 Å². The summed E-state index contributed by atoms with van der Waals surface area (Å²) in [5, 5.41) is 2.67. The molecule has 0 saturated heterocycles. The predicted octanol–water partition coefficient (Wildman–Crippen LogP) is 0.655. The summed E-state index contributed by atoms with van der Waals surface area (Å²) in [4.78, 5) is 10.8. The van der Waals surface area contributed by atoms with Gasteiger partial charge in [-0.15, -0.1) is 0 Å². The van der Waals surface area contributed by atoms with Crippen LogP contribution in [0.2, 0.25) is 0 Å². The fraction of sp³-hybridized carbons (Fsp3) is 0.857. The van der Waals surface area contributed by atoms with Gasteiger partial charge in [-0.05, 0) is 6.92 Å². The van der Waals surface area contributed by atoms with E-state index in [9.17, 15) is 9.00 Å². The van der Waals surface area contributed by atoms with Crippen LogP contribution in [0.15, 0.2) is 0 Å². The normalized spacial score (nSPS) is 15.2. The average molecular weight is 256 g/mol. The van der Waals surface area contributed by atoms with E-state index in [1.165, 1.54) is 0 Å². The molecule has 0 spiro atoms. The Labute approximate surface area is 83.9 Å². The quantitative estimate of drug-likeness (QED) is 0.734. The maximum Gasteiger partial charge on any atom is 0.233 e. The van der Waals surface area contributed by atoms with Gasteiger partial charge in [0, 0.05) is 28.9 Å². The minimum atomic E-state index is -0.787. The van der Waals surface area contributed by atoms with Crippen molar-refractivity contribution in [3.63, 3.8) is 0 Å². The van der Waals surface area contributed by atoms with Crippen LogP contribution in [-0.2, 0) is 15.6 Å². The molecule has 72 valence electrons. The molecule has 0 aromatic rings. The molecule has 2 unspecified atom stereocenters. The van der Waals surface area contributed by atoms with Gasteiger partial charge in [0.1, 0.15) is 0 Å². The topological polar surface area (TPSA) is 46.2 Å². The van der Waals surface area contributed by atoms with Gasteiger partial charge < -0.3 is 5.32 Å². The highest BCUT2D eigenvalue weighted by Gasteiger charge is 2.07. The molecule has 0 aliphatic carbocycles.